The highest BCUT2D eigenvalue weighted by Crippen LogP contribution is 2.40. The number of ether oxygens (including phenoxy) is 1. The van der Waals surface area contributed by atoms with Crippen LogP contribution in [-0.2, 0) is 17.8 Å². The standard InChI is InChI=1S/C32H37N3O4/c1-23-17-19-32(20-18-23)34-28(30(37)35(32)22-25-13-7-3-8-14-25)29(36)27(21-24-11-5-2-6-12-24)33-31(38)39-26-15-9-4-10-16-26/h2-16,23,27-29,34,36H,17-22H2,1H3,(H,33,38)/t23?,27-,28?,29-,32?/m0/s1. The second-order valence-corrected chi connectivity index (χ2v) is 10.9. The SMILES string of the molecule is CC1CCC2(CC1)NC([C@@H](O)[C@H](Cc1ccccc1)NC(=O)Oc1ccccc1)C(=O)N2Cc1ccccc1. The number of nitrogens with one attached hydrogen (secondary N) is 2. The Labute approximate surface area is 230 Å². The number of carbonyl (C=O) groups is 2. The number of amides is 2. The summed E-state index contributed by atoms with van der Waals surface area (Å²) in [6, 6.07) is 26.8. The van der Waals surface area contributed by atoms with Crippen LogP contribution in [0.2, 0.25) is 0 Å². The van der Waals surface area contributed by atoms with Crippen molar-refractivity contribution in [2.75, 3.05) is 0 Å². The van der Waals surface area contributed by atoms with E-state index in [-0.39, 0.29) is 5.91 Å². The minimum absolute atomic E-state index is 0.141. The van der Waals surface area contributed by atoms with E-state index < -0.39 is 29.9 Å². The minimum atomic E-state index is -1.17. The predicted molar refractivity (Wildman–Crippen MR) is 150 cm³/mol. The third-order valence-electron chi connectivity index (χ3n) is 8.07. The first-order valence-electron chi connectivity index (χ1n) is 13.8. The van der Waals surface area contributed by atoms with Gasteiger partial charge in [-0.2, -0.15) is 0 Å². The molecule has 2 amide bonds. The van der Waals surface area contributed by atoms with Crippen LogP contribution in [0, 0.1) is 5.92 Å². The summed E-state index contributed by atoms with van der Waals surface area (Å²) in [5.41, 5.74) is 1.47. The van der Waals surface area contributed by atoms with E-state index in [2.05, 4.69) is 17.6 Å². The first-order chi connectivity index (χ1) is 18.9. The molecule has 1 spiro atoms. The molecule has 0 bridgehead atoms. The molecule has 1 heterocycles. The van der Waals surface area contributed by atoms with Gasteiger partial charge in [-0.1, -0.05) is 85.8 Å². The summed E-state index contributed by atoms with van der Waals surface area (Å²) < 4.78 is 5.47. The van der Waals surface area contributed by atoms with Gasteiger partial charge in [-0.05, 0) is 61.3 Å². The van der Waals surface area contributed by atoms with Crippen molar-refractivity contribution in [1.29, 1.82) is 0 Å². The fraction of sp³-hybridized carbons (Fsp3) is 0.375. The quantitative estimate of drug-likeness (QED) is 0.397. The van der Waals surface area contributed by atoms with Crippen molar-refractivity contribution in [2.45, 2.75) is 69.4 Å². The predicted octanol–water partition coefficient (Wildman–Crippen LogP) is 4.65. The van der Waals surface area contributed by atoms with Crippen LogP contribution in [0.1, 0.15) is 43.7 Å². The Balaban J connectivity index is 1.39. The fourth-order valence-corrected chi connectivity index (χ4v) is 5.82. The second-order valence-electron chi connectivity index (χ2n) is 10.9. The van der Waals surface area contributed by atoms with Gasteiger partial charge in [-0.15, -0.1) is 0 Å². The lowest BCUT2D eigenvalue weighted by molar-refractivity contribution is -0.135. The monoisotopic (exact) mass is 527 g/mol. The average Bonchev–Trinajstić information content (AvgIpc) is 3.22. The Hall–Kier alpha value is -3.68. The Kier molecular flexibility index (Phi) is 8.29. The molecule has 2 aliphatic rings. The third kappa shape index (κ3) is 6.32. The lowest BCUT2D eigenvalue weighted by Crippen LogP contribution is -2.58. The van der Waals surface area contributed by atoms with Gasteiger partial charge in [0.2, 0.25) is 5.91 Å². The molecule has 1 saturated carbocycles. The zero-order chi connectivity index (χ0) is 27.2. The van der Waals surface area contributed by atoms with E-state index in [1.807, 2.05) is 71.6 Å². The maximum Gasteiger partial charge on any atom is 0.412 e. The van der Waals surface area contributed by atoms with E-state index in [1.54, 1.807) is 24.3 Å². The van der Waals surface area contributed by atoms with Crippen molar-refractivity contribution in [3.05, 3.63) is 102 Å². The molecule has 204 valence electrons. The Bertz CT molecular complexity index is 1230. The van der Waals surface area contributed by atoms with Crippen molar-refractivity contribution in [2.24, 2.45) is 5.92 Å². The molecular formula is C32H37N3O4. The van der Waals surface area contributed by atoms with E-state index in [4.69, 9.17) is 4.74 Å². The molecule has 7 nitrogen and oxygen atoms in total. The number of hydrogen-bond acceptors (Lipinski definition) is 5. The van der Waals surface area contributed by atoms with E-state index in [0.29, 0.717) is 24.6 Å². The number of rotatable bonds is 8. The van der Waals surface area contributed by atoms with E-state index in [0.717, 1.165) is 36.8 Å². The van der Waals surface area contributed by atoms with Crippen LogP contribution in [-0.4, -0.2) is 45.9 Å². The van der Waals surface area contributed by atoms with Gasteiger partial charge in [-0.3, -0.25) is 10.1 Å². The molecule has 39 heavy (non-hydrogen) atoms. The summed E-state index contributed by atoms with van der Waals surface area (Å²) >= 11 is 0. The Morgan fingerprint density at radius 1 is 0.974 bits per heavy atom. The van der Waals surface area contributed by atoms with Crippen LogP contribution in [0.4, 0.5) is 4.79 Å². The molecule has 7 heteroatoms. The van der Waals surface area contributed by atoms with Crippen LogP contribution >= 0.6 is 0 Å². The van der Waals surface area contributed by atoms with Crippen LogP contribution in [0.3, 0.4) is 0 Å². The van der Waals surface area contributed by atoms with Gasteiger partial charge in [0.25, 0.3) is 0 Å². The first-order valence-corrected chi connectivity index (χ1v) is 13.8. The number of benzene rings is 3. The van der Waals surface area contributed by atoms with Crippen LogP contribution in [0.15, 0.2) is 91.0 Å². The average molecular weight is 528 g/mol. The largest absolute Gasteiger partial charge is 0.412 e. The summed E-state index contributed by atoms with van der Waals surface area (Å²) in [5.74, 6) is 0.856. The maximum absolute atomic E-state index is 14.0. The maximum atomic E-state index is 14.0. The lowest BCUT2D eigenvalue weighted by Gasteiger charge is -2.43. The molecule has 0 radical (unpaired) electrons. The van der Waals surface area contributed by atoms with Crippen LogP contribution in [0.5, 0.6) is 5.75 Å². The highest BCUT2D eigenvalue weighted by atomic mass is 16.6. The van der Waals surface area contributed by atoms with E-state index in [9.17, 15) is 14.7 Å². The smallest absolute Gasteiger partial charge is 0.410 e. The van der Waals surface area contributed by atoms with Gasteiger partial charge in [0, 0.05) is 6.54 Å². The zero-order valence-electron chi connectivity index (χ0n) is 22.3. The lowest BCUT2D eigenvalue weighted by atomic mass is 9.82. The molecule has 0 aromatic heterocycles. The van der Waals surface area contributed by atoms with Gasteiger partial charge in [-0.25, -0.2) is 4.79 Å². The molecule has 3 atom stereocenters. The first kappa shape index (κ1) is 26.9. The molecule has 1 aliphatic heterocycles. The van der Waals surface area contributed by atoms with Gasteiger partial charge in [0.1, 0.15) is 11.8 Å². The number of para-hydroxylation sites is 1. The fourth-order valence-electron chi connectivity index (χ4n) is 5.82. The second kappa shape index (κ2) is 12.0. The molecule has 1 unspecified atom stereocenters. The van der Waals surface area contributed by atoms with Crippen molar-refractivity contribution < 1.29 is 19.4 Å². The summed E-state index contributed by atoms with van der Waals surface area (Å²) in [7, 11) is 0. The normalized spacial score (nSPS) is 24.4. The molecule has 3 aromatic rings. The van der Waals surface area contributed by atoms with E-state index >= 15 is 0 Å². The Morgan fingerprint density at radius 2 is 1.54 bits per heavy atom. The number of hydrogen-bond donors (Lipinski definition) is 3. The molecule has 1 saturated heterocycles. The zero-order valence-corrected chi connectivity index (χ0v) is 22.3. The summed E-state index contributed by atoms with van der Waals surface area (Å²) in [4.78, 5) is 28.8. The van der Waals surface area contributed by atoms with Crippen LogP contribution in [0.25, 0.3) is 0 Å². The topological polar surface area (TPSA) is 90.9 Å². The third-order valence-corrected chi connectivity index (χ3v) is 8.07. The highest BCUT2D eigenvalue weighted by molar-refractivity contribution is 5.86. The molecule has 3 aromatic carbocycles. The van der Waals surface area contributed by atoms with Crippen molar-refractivity contribution in [3.63, 3.8) is 0 Å². The molecular weight excluding hydrogens is 490 g/mol. The minimum Gasteiger partial charge on any atom is -0.410 e. The van der Waals surface area contributed by atoms with Gasteiger partial charge >= 0.3 is 6.09 Å². The van der Waals surface area contributed by atoms with Gasteiger partial charge in [0.05, 0.1) is 17.8 Å². The molecule has 1 aliphatic carbocycles. The highest BCUT2D eigenvalue weighted by Gasteiger charge is 2.54. The summed E-state index contributed by atoms with van der Waals surface area (Å²) in [6.45, 7) is 2.72. The Morgan fingerprint density at radius 3 is 2.15 bits per heavy atom. The van der Waals surface area contributed by atoms with Crippen molar-refractivity contribution in [3.8, 4) is 5.75 Å². The van der Waals surface area contributed by atoms with Crippen molar-refractivity contribution >= 4 is 12.0 Å². The molecule has 5 rings (SSSR count). The summed E-state index contributed by atoms with van der Waals surface area (Å²) in [6.07, 6.45) is 2.16. The van der Waals surface area contributed by atoms with E-state index in [1.165, 1.54) is 0 Å². The van der Waals surface area contributed by atoms with Crippen LogP contribution < -0.4 is 15.4 Å². The number of carbonyl (C=O) groups excluding carboxylic acids is 2. The molecule has 3 N–H and O–H groups in total. The number of nitrogens with zero attached hydrogens (tertiary/aromatic N) is 1. The van der Waals surface area contributed by atoms with Gasteiger partial charge in [0.15, 0.2) is 0 Å². The number of aliphatic hydroxyl groups is 1. The summed E-state index contributed by atoms with van der Waals surface area (Å²) in [5, 5.41) is 18.1. The molecule has 2 fully saturated rings. The van der Waals surface area contributed by atoms with Crippen molar-refractivity contribution in [1.82, 2.24) is 15.5 Å². The van der Waals surface area contributed by atoms with Gasteiger partial charge < -0.3 is 20.1 Å². The number of aliphatic hydroxyl groups excluding tert-OH is 1.